The first kappa shape index (κ1) is 13.0. The van der Waals surface area contributed by atoms with Gasteiger partial charge in [-0.15, -0.1) is 0 Å². The maximum Gasteiger partial charge on any atom is 0.147 e. The average Bonchev–Trinajstić information content (AvgIpc) is 2.47. The van der Waals surface area contributed by atoms with Crippen molar-refractivity contribution in [3.63, 3.8) is 0 Å². The monoisotopic (exact) mass is 254 g/mol. The number of ether oxygens (including phenoxy) is 1. The lowest BCUT2D eigenvalue weighted by molar-refractivity contribution is 0.304. The normalized spacial score (nSPS) is 9.89. The zero-order valence-corrected chi connectivity index (χ0v) is 10.4. The van der Waals surface area contributed by atoms with Crippen molar-refractivity contribution in [2.24, 2.45) is 5.73 Å². The topological polar surface area (TPSA) is 84.8 Å². The van der Waals surface area contributed by atoms with Gasteiger partial charge in [0.05, 0.1) is 6.20 Å². The molecule has 5 nitrogen and oxygen atoms in total. The zero-order valence-electron chi connectivity index (χ0n) is 10.4. The van der Waals surface area contributed by atoms with E-state index in [0.29, 0.717) is 24.6 Å². The van der Waals surface area contributed by atoms with E-state index in [1.807, 2.05) is 24.3 Å². The van der Waals surface area contributed by atoms with Gasteiger partial charge in [0, 0.05) is 23.9 Å². The van der Waals surface area contributed by atoms with Crippen LogP contribution in [0.3, 0.4) is 0 Å². The van der Waals surface area contributed by atoms with Gasteiger partial charge in [-0.05, 0) is 24.7 Å². The molecule has 2 heterocycles. The Hall–Kier alpha value is -2.45. The van der Waals surface area contributed by atoms with E-state index in [2.05, 4.69) is 9.97 Å². The van der Waals surface area contributed by atoms with Crippen LogP contribution in [0.15, 0.2) is 36.7 Å². The summed E-state index contributed by atoms with van der Waals surface area (Å²) in [6.45, 7) is 0.878. The predicted molar refractivity (Wildman–Crippen MR) is 70.3 cm³/mol. The van der Waals surface area contributed by atoms with Crippen molar-refractivity contribution in [2.45, 2.75) is 13.0 Å². The van der Waals surface area contributed by atoms with Crippen molar-refractivity contribution in [2.75, 3.05) is 6.54 Å². The second-order valence-corrected chi connectivity index (χ2v) is 3.94. The van der Waals surface area contributed by atoms with Crippen LogP contribution in [0.4, 0.5) is 0 Å². The quantitative estimate of drug-likeness (QED) is 0.872. The smallest absolute Gasteiger partial charge is 0.147 e. The Bertz CT molecular complexity index is 575. The molecule has 2 aromatic heterocycles. The largest absolute Gasteiger partial charge is 0.487 e. The molecule has 0 fully saturated rings. The van der Waals surface area contributed by atoms with Crippen molar-refractivity contribution in [3.8, 4) is 11.8 Å². The van der Waals surface area contributed by atoms with Gasteiger partial charge in [-0.2, -0.15) is 5.26 Å². The summed E-state index contributed by atoms with van der Waals surface area (Å²) in [4.78, 5) is 8.21. The van der Waals surface area contributed by atoms with E-state index in [-0.39, 0.29) is 0 Å². The lowest BCUT2D eigenvalue weighted by atomic mass is 10.2. The number of nitrogens with zero attached hydrogens (tertiary/aromatic N) is 3. The number of pyridine rings is 2. The molecule has 5 heteroatoms. The number of hydrogen-bond acceptors (Lipinski definition) is 5. The van der Waals surface area contributed by atoms with E-state index in [4.69, 9.17) is 15.7 Å². The van der Waals surface area contributed by atoms with Crippen molar-refractivity contribution in [1.82, 2.24) is 9.97 Å². The number of nitriles is 1. The minimum Gasteiger partial charge on any atom is -0.487 e. The SMILES string of the molecule is N#Cc1ncccc1COc1ccc(CCN)nc1. The van der Waals surface area contributed by atoms with Crippen LogP contribution in [-0.4, -0.2) is 16.5 Å². The summed E-state index contributed by atoms with van der Waals surface area (Å²) in [5, 5.41) is 8.92. The predicted octanol–water partition coefficient (Wildman–Crippen LogP) is 1.43. The van der Waals surface area contributed by atoms with Crippen LogP contribution in [0.2, 0.25) is 0 Å². The molecule has 96 valence electrons. The lowest BCUT2D eigenvalue weighted by Crippen LogP contribution is -2.04. The van der Waals surface area contributed by atoms with Crippen LogP contribution in [-0.2, 0) is 13.0 Å². The van der Waals surface area contributed by atoms with Gasteiger partial charge < -0.3 is 10.5 Å². The van der Waals surface area contributed by atoms with Gasteiger partial charge in [-0.3, -0.25) is 4.98 Å². The fourth-order valence-corrected chi connectivity index (χ4v) is 1.61. The number of aromatic nitrogens is 2. The van der Waals surface area contributed by atoms with E-state index in [1.165, 1.54) is 0 Å². The van der Waals surface area contributed by atoms with Gasteiger partial charge in [0.1, 0.15) is 24.1 Å². The second kappa shape index (κ2) is 6.47. The van der Waals surface area contributed by atoms with Crippen LogP contribution >= 0.6 is 0 Å². The van der Waals surface area contributed by atoms with Crippen molar-refractivity contribution in [1.29, 1.82) is 5.26 Å². The van der Waals surface area contributed by atoms with Crippen LogP contribution in [0.25, 0.3) is 0 Å². The highest BCUT2D eigenvalue weighted by molar-refractivity contribution is 5.30. The first-order valence-corrected chi connectivity index (χ1v) is 5.95. The first-order valence-electron chi connectivity index (χ1n) is 5.95. The minimum atomic E-state index is 0.300. The fourth-order valence-electron chi connectivity index (χ4n) is 1.61. The summed E-state index contributed by atoms with van der Waals surface area (Å²) in [5.74, 6) is 0.661. The summed E-state index contributed by atoms with van der Waals surface area (Å²) in [5.41, 5.74) is 7.54. The molecule has 19 heavy (non-hydrogen) atoms. The lowest BCUT2D eigenvalue weighted by Gasteiger charge is -2.07. The Morgan fingerprint density at radius 1 is 1.26 bits per heavy atom. The summed E-state index contributed by atoms with van der Waals surface area (Å²) in [6, 6.07) is 9.37. The molecule has 0 spiro atoms. The molecule has 0 aliphatic carbocycles. The fraction of sp³-hybridized carbons (Fsp3) is 0.214. The molecule has 0 unspecified atom stereocenters. The molecule has 0 amide bonds. The number of hydrogen-bond donors (Lipinski definition) is 1. The molecule has 0 aliphatic rings. The standard InChI is InChI=1S/C14H14N4O/c15-6-5-12-3-4-13(9-18-12)19-10-11-2-1-7-17-14(11)8-16/h1-4,7,9H,5-6,10,15H2. The van der Waals surface area contributed by atoms with E-state index < -0.39 is 0 Å². The first-order chi connectivity index (χ1) is 9.33. The van der Waals surface area contributed by atoms with Crippen LogP contribution in [0, 0.1) is 11.3 Å². The van der Waals surface area contributed by atoms with E-state index in [9.17, 15) is 0 Å². The van der Waals surface area contributed by atoms with Gasteiger partial charge in [-0.25, -0.2) is 4.98 Å². The molecule has 2 N–H and O–H groups in total. The van der Waals surface area contributed by atoms with Crippen LogP contribution in [0.5, 0.6) is 5.75 Å². The third-order valence-corrected chi connectivity index (χ3v) is 2.59. The molecule has 0 aromatic carbocycles. The number of nitrogens with two attached hydrogens (primary N) is 1. The van der Waals surface area contributed by atoms with Crippen LogP contribution in [0.1, 0.15) is 17.0 Å². The molecule has 2 aromatic rings. The number of rotatable bonds is 5. The minimum absolute atomic E-state index is 0.300. The summed E-state index contributed by atoms with van der Waals surface area (Å²) >= 11 is 0. The molecule has 0 atom stereocenters. The third-order valence-electron chi connectivity index (χ3n) is 2.59. The highest BCUT2D eigenvalue weighted by atomic mass is 16.5. The van der Waals surface area contributed by atoms with Crippen molar-refractivity contribution < 1.29 is 4.74 Å². The average molecular weight is 254 g/mol. The molecular formula is C14H14N4O. The van der Waals surface area contributed by atoms with Gasteiger partial charge in [0.2, 0.25) is 0 Å². The molecule has 0 bridgehead atoms. The maximum absolute atomic E-state index is 8.92. The Labute approximate surface area is 111 Å². The Morgan fingerprint density at radius 3 is 2.84 bits per heavy atom. The zero-order chi connectivity index (χ0) is 13.5. The molecule has 0 saturated carbocycles. The molecule has 0 saturated heterocycles. The summed E-state index contributed by atoms with van der Waals surface area (Å²) < 4.78 is 5.58. The van der Waals surface area contributed by atoms with E-state index in [1.54, 1.807) is 18.5 Å². The second-order valence-electron chi connectivity index (χ2n) is 3.94. The Morgan fingerprint density at radius 2 is 2.16 bits per heavy atom. The van der Waals surface area contributed by atoms with E-state index in [0.717, 1.165) is 17.7 Å². The Kier molecular flexibility index (Phi) is 4.43. The van der Waals surface area contributed by atoms with Gasteiger partial charge in [0.15, 0.2) is 0 Å². The van der Waals surface area contributed by atoms with Crippen molar-refractivity contribution >= 4 is 0 Å². The summed E-state index contributed by atoms with van der Waals surface area (Å²) in [6.07, 6.45) is 4.00. The maximum atomic E-state index is 8.92. The highest BCUT2D eigenvalue weighted by Crippen LogP contribution is 2.13. The van der Waals surface area contributed by atoms with Crippen molar-refractivity contribution in [3.05, 3.63) is 53.6 Å². The third kappa shape index (κ3) is 3.50. The van der Waals surface area contributed by atoms with Crippen LogP contribution < -0.4 is 10.5 Å². The molecule has 0 radical (unpaired) electrons. The highest BCUT2D eigenvalue weighted by Gasteiger charge is 2.03. The molecular weight excluding hydrogens is 240 g/mol. The summed E-state index contributed by atoms with van der Waals surface area (Å²) in [7, 11) is 0. The molecule has 2 rings (SSSR count). The molecule has 0 aliphatic heterocycles. The van der Waals surface area contributed by atoms with Gasteiger partial charge in [0.25, 0.3) is 0 Å². The Balaban J connectivity index is 2.00. The van der Waals surface area contributed by atoms with Gasteiger partial charge in [-0.1, -0.05) is 6.07 Å². The van der Waals surface area contributed by atoms with E-state index >= 15 is 0 Å². The van der Waals surface area contributed by atoms with Gasteiger partial charge >= 0.3 is 0 Å².